The maximum Gasteiger partial charge on any atom is 0.215 e. The van der Waals surface area contributed by atoms with Crippen LogP contribution in [0.3, 0.4) is 0 Å². The van der Waals surface area contributed by atoms with Gasteiger partial charge in [-0.1, -0.05) is 29.8 Å². The fraction of sp³-hybridized carbons (Fsp3) is 0.176. The Morgan fingerprint density at radius 3 is 2.52 bits per heavy atom. The highest BCUT2D eigenvalue weighted by molar-refractivity contribution is 7.88. The van der Waals surface area contributed by atoms with Crippen LogP contribution in [-0.4, -0.2) is 20.1 Å². The minimum atomic E-state index is -3.65. The molecule has 5 nitrogen and oxygen atoms in total. The number of sulfonamides is 1. The molecule has 0 saturated carbocycles. The number of rotatable bonds is 7. The van der Waals surface area contributed by atoms with Crippen LogP contribution in [0.5, 0.6) is 0 Å². The third-order valence-corrected chi connectivity index (χ3v) is 6.25. The number of aliphatic hydroxyl groups is 1. The number of halogens is 1. The Morgan fingerprint density at radius 1 is 1.16 bits per heavy atom. The van der Waals surface area contributed by atoms with Crippen LogP contribution in [0.4, 0.5) is 0 Å². The van der Waals surface area contributed by atoms with Crippen molar-refractivity contribution in [3.8, 4) is 0 Å². The topological polar surface area (TPSA) is 79.5 Å². The van der Waals surface area contributed by atoms with Crippen molar-refractivity contribution >= 4 is 33.0 Å². The molecule has 0 bridgehead atoms. The van der Waals surface area contributed by atoms with Crippen molar-refractivity contribution < 1.29 is 17.9 Å². The first kappa shape index (κ1) is 18.2. The van der Waals surface area contributed by atoms with E-state index in [2.05, 4.69) is 4.72 Å². The van der Waals surface area contributed by atoms with Gasteiger partial charge < -0.3 is 9.52 Å². The van der Waals surface area contributed by atoms with E-state index < -0.39 is 15.6 Å². The molecule has 0 aliphatic carbocycles. The SMILES string of the molecule is O=S(=O)(Cc1ccc(Cl)cc1)NCC(O)(c1ccco1)c1cccs1. The third kappa shape index (κ3) is 4.31. The van der Waals surface area contributed by atoms with Crippen molar-refractivity contribution in [2.24, 2.45) is 0 Å². The van der Waals surface area contributed by atoms with Gasteiger partial charge in [-0.15, -0.1) is 11.3 Å². The highest BCUT2D eigenvalue weighted by Gasteiger charge is 2.36. The summed E-state index contributed by atoms with van der Waals surface area (Å²) in [5.74, 6) is 0.0761. The Balaban J connectivity index is 1.78. The van der Waals surface area contributed by atoms with Gasteiger partial charge in [-0.25, -0.2) is 13.1 Å². The number of hydrogen-bond donors (Lipinski definition) is 2. The first-order valence-corrected chi connectivity index (χ1v) is 10.3. The summed E-state index contributed by atoms with van der Waals surface area (Å²) >= 11 is 7.14. The largest absolute Gasteiger partial charge is 0.466 e. The second-order valence-electron chi connectivity index (χ2n) is 5.52. The van der Waals surface area contributed by atoms with E-state index in [0.717, 1.165) is 0 Å². The third-order valence-electron chi connectivity index (χ3n) is 3.68. The minimum Gasteiger partial charge on any atom is -0.466 e. The van der Waals surface area contributed by atoms with Gasteiger partial charge in [0.15, 0.2) is 5.60 Å². The average Bonchev–Trinajstić information content (AvgIpc) is 3.28. The summed E-state index contributed by atoms with van der Waals surface area (Å²) in [4.78, 5) is 0.594. The van der Waals surface area contributed by atoms with E-state index in [-0.39, 0.29) is 18.1 Å². The lowest BCUT2D eigenvalue weighted by Gasteiger charge is -2.25. The van der Waals surface area contributed by atoms with E-state index in [9.17, 15) is 13.5 Å². The zero-order valence-electron chi connectivity index (χ0n) is 13.1. The lowest BCUT2D eigenvalue weighted by Crippen LogP contribution is -2.41. The van der Waals surface area contributed by atoms with Crippen molar-refractivity contribution in [3.05, 3.63) is 81.4 Å². The monoisotopic (exact) mass is 397 g/mol. The van der Waals surface area contributed by atoms with Crippen molar-refractivity contribution in [2.45, 2.75) is 11.4 Å². The van der Waals surface area contributed by atoms with E-state index in [4.69, 9.17) is 16.0 Å². The van der Waals surface area contributed by atoms with Gasteiger partial charge >= 0.3 is 0 Å². The van der Waals surface area contributed by atoms with E-state index >= 15 is 0 Å². The molecule has 3 aromatic rings. The van der Waals surface area contributed by atoms with Crippen molar-refractivity contribution in [1.82, 2.24) is 4.72 Å². The molecule has 132 valence electrons. The highest BCUT2D eigenvalue weighted by Crippen LogP contribution is 2.32. The van der Waals surface area contributed by atoms with Crippen molar-refractivity contribution in [3.63, 3.8) is 0 Å². The minimum absolute atomic E-state index is 0.206. The normalized spacial score (nSPS) is 14.3. The molecule has 0 radical (unpaired) electrons. The Labute approximate surface area is 154 Å². The molecule has 1 unspecified atom stereocenters. The second kappa shape index (κ2) is 7.31. The van der Waals surface area contributed by atoms with Crippen LogP contribution < -0.4 is 4.72 Å². The van der Waals surface area contributed by atoms with Gasteiger partial charge in [0.25, 0.3) is 0 Å². The molecule has 2 heterocycles. The fourth-order valence-corrected chi connectivity index (χ4v) is 4.51. The molecule has 1 atom stereocenters. The van der Waals surface area contributed by atoms with E-state index in [0.29, 0.717) is 15.5 Å². The Hall–Kier alpha value is -1.64. The van der Waals surface area contributed by atoms with Gasteiger partial charge in [0.1, 0.15) is 5.76 Å². The molecule has 0 aliphatic rings. The first-order valence-electron chi connectivity index (χ1n) is 7.41. The zero-order valence-corrected chi connectivity index (χ0v) is 15.4. The number of hydrogen-bond acceptors (Lipinski definition) is 5. The van der Waals surface area contributed by atoms with E-state index in [1.165, 1.54) is 17.6 Å². The van der Waals surface area contributed by atoms with Gasteiger partial charge in [-0.3, -0.25) is 0 Å². The molecule has 0 spiro atoms. The molecular formula is C17H16ClNO4S2. The maximum atomic E-state index is 12.4. The first-order chi connectivity index (χ1) is 11.9. The van der Waals surface area contributed by atoms with E-state index in [1.54, 1.807) is 48.5 Å². The summed E-state index contributed by atoms with van der Waals surface area (Å²) in [6.07, 6.45) is 1.44. The van der Waals surface area contributed by atoms with Crippen LogP contribution >= 0.6 is 22.9 Å². The summed E-state index contributed by atoms with van der Waals surface area (Å²) in [6, 6.07) is 13.4. The van der Waals surface area contributed by atoms with Gasteiger partial charge in [-0.2, -0.15) is 0 Å². The Morgan fingerprint density at radius 2 is 1.92 bits per heavy atom. The van der Waals surface area contributed by atoms with Crippen molar-refractivity contribution in [2.75, 3.05) is 6.54 Å². The molecular weight excluding hydrogens is 382 g/mol. The van der Waals surface area contributed by atoms with Crippen LogP contribution in [0.25, 0.3) is 0 Å². The molecule has 8 heteroatoms. The van der Waals surface area contributed by atoms with Gasteiger partial charge in [-0.05, 0) is 41.3 Å². The number of nitrogens with one attached hydrogen (secondary N) is 1. The summed E-state index contributed by atoms with van der Waals surface area (Å²) in [6.45, 7) is -0.225. The van der Waals surface area contributed by atoms with Crippen LogP contribution in [0.2, 0.25) is 5.02 Å². The Bertz CT molecular complexity index is 870. The van der Waals surface area contributed by atoms with Crippen LogP contribution in [-0.2, 0) is 21.4 Å². The molecule has 0 fully saturated rings. The standard InChI is InChI=1S/C17H16ClNO4S2/c18-14-7-5-13(6-8-14)11-25(21,22)19-12-17(20,15-3-1-9-23-15)16-4-2-10-24-16/h1-10,19-20H,11-12H2. The molecule has 0 saturated heterocycles. The smallest absolute Gasteiger partial charge is 0.215 e. The number of benzene rings is 1. The van der Waals surface area contributed by atoms with Crippen LogP contribution in [0.15, 0.2) is 64.6 Å². The number of thiophene rings is 1. The van der Waals surface area contributed by atoms with Gasteiger partial charge in [0.2, 0.25) is 10.0 Å². The fourth-order valence-electron chi connectivity index (χ4n) is 2.39. The lowest BCUT2D eigenvalue weighted by atomic mass is 9.99. The summed E-state index contributed by atoms with van der Waals surface area (Å²) < 4.78 is 32.6. The average molecular weight is 398 g/mol. The molecule has 2 aromatic heterocycles. The van der Waals surface area contributed by atoms with Crippen LogP contribution in [0.1, 0.15) is 16.2 Å². The summed E-state index contributed by atoms with van der Waals surface area (Å²) in [7, 11) is -3.65. The highest BCUT2D eigenvalue weighted by atomic mass is 35.5. The Kier molecular flexibility index (Phi) is 5.31. The van der Waals surface area contributed by atoms with Crippen LogP contribution in [0, 0.1) is 0 Å². The van der Waals surface area contributed by atoms with Gasteiger partial charge in [0, 0.05) is 9.90 Å². The van der Waals surface area contributed by atoms with Gasteiger partial charge in [0.05, 0.1) is 18.6 Å². The molecule has 2 N–H and O–H groups in total. The maximum absolute atomic E-state index is 12.4. The van der Waals surface area contributed by atoms with E-state index in [1.807, 2.05) is 5.38 Å². The molecule has 3 rings (SSSR count). The van der Waals surface area contributed by atoms with Crippen molar-refractivity contribution in [1.29, 1.82) is 0 Å². The second-order valence-corrected chi connectivity index (χ2v) is 8.71. The lowest BCUT2D eigenvalue weighted by molar-refractivity contribution is 0.0655. The molecule has 0 aliphatic heterocycles. The molecule has 1 aromatic carbocycles. The molecule has 0 amide bonds. The predicted octanol–water partition coefficient (Wildman–Crippen LogP) is 3.35. The predicted molar refractivity (Wildman–Crippen MR) is 98.1 cm³/mol. The summed E-state index contributed by atoms with van der Waals surface area (Å²) in [5, 5.41) is 13.4. The summed E-state index contributed by atoms with van der Waals surface area (Å²) in [5.41, 5.74) is -0.959. The zero-order chi connectivity index (χ0) is 17.9. The molecule has 25 heavy (non-hydrogen) atoms. The quantitative estimate of drug-likeness (QED) is 0.640. The number of furan rings is 1.